The van der Waals surface area contributed by atoms with Gasteiger partial charge in [0.15, 0.2) is 0 Å². The van der Waals surface area contributed by atoms with E-state index in [1.807, 2.05) is 12.1 Å². The molecule has 3 aromatic rings. The number of aldehydes is 1. The molecule has 0 radical (unpaired) electrons. The standard InChI is InChI=1S/C30H31NO2/c32-20-17-22-15-18-31(19-16-22)26-11-9-24(10-12-26)30-28(23-5-2-1-3-6-23)8-4-7-25-21-27(33)13-14-29(25)30/h1-3,5-6,9-14,20-22,33H,4,7-8,15-19H2. The number of carbonyl (C=O) groups is 1. The van der Waals surface area contributed by atoms with Crippen molar-refractivity contribution < 1.29 is 9.90 Å². The molecule has 1 aliphatic carbocycles. The third-order valence-corrected chi connectivity index (χ3v) is 7.22. The molecule has 0 aromatic heterocycles. The van der Waals surface area contributed by atoms with Gasteiger partial charge >= 0.3 is 0 Å². The van der Waals surface area contributed by atoms with E-state index in [0.29, 0.717) is 18.1 Å². The van der Waals surface area contributed by atoms with Gasteiger partial charge in [0.2, 0.25) is 0 Å². The van der Waals surface area contributed by atoms with E-state index in [4.69, 9.17) is 0 Å². The number of anilines is 1. The fourth-order valence-corrected chi connectivity index (χ4v) is 5.43. The topological polar surface area (TPSA) is 40.5 Å². The second kappa shape index (κ2) is 9.66. The first kappa shape index (κ1) is 21.5. The summed E-state index contributed by atoms with van der Waals surface area (Å²) in [7, 11) is 0. The average Bonchev–Trinajstić information content (AvgIpc) is 3.04. The summed E-state index contributed by atoms with van der Waals surface area (Å²) in [5.41, 5.74) is 8.86. The zero-order chi connectivity index (χ0) is 22.6. The molecule has 1 N–H and O–H groups in total. The lowest BCUT2D eigenvalue weighted by atomic mass is 9.87. The van der Waals surface area contributed by atoms with Crippen molar-refractivity contribution in [1.82, 2.24) is 0 Å². The van der Waals surface area contributed by atoms with E-state index in [1.54, 1.807) is 0 Å². The van der Waals surface area contributed by atoms with Crippen LogP contribution >= 0.6 is 0 Å². The number of nitrogens with zero attached hydrogens (tertiary/aromatic N) is 1. The van der Waals surface area contributed by atoms with E-state index in [9.17, 15) is 9.90 Å². The van der Waals surface area contributed by atoms with Crippen LogP contribution in [0.5, 0.6) is 5.75 Å². The number of allylic oxidation sites excluding steroid dienone is 1. The highest BCUT2D eigenvalue weighted by molar-refractivity contribution is 6.00. The van der Waals surface area contributed by atoms with Crippen LogP contribution in [-0.2, 0) is 11.2 Å². The molecule has 1 saturated heterocycles. The molecule has 1 fully saturated rings. The summed E-state index contributed by atoms with van der Waals surface area (Å²) in [5, 5.41) is 10.1. The lowest BCUT2D eigenvalue weighted by Crippen LogP contribution is -2.33. The Hall–Kier alpha value is -3.33. The molecule has 0 atom stereocenters. The number of fused-ring (bicyclic) bond motifs is 1. The predicted octanol–water partition coefficient (Wildman–Crippen LogP) is 6.49. The van der Waals surface area contributed by atoms with E-state index in [1.165, 1.54) is 39.1 Å². The van der Waals surface area contributed by atoms with Crippen LogP contribution in [0.1, 0.15) is 54.4 Å². The van der Waals surface area contributed by atoms with E-state index in [-0.39, 0.29) is 0 Å². The van der Waals surface area contributed by atoms with Crippen LogP contribution in [-0.4, -0.2) is 24.5 Å². The summed E-state index contributed by atoms with van der Waals surface area (Å²) in [6.45, 7) is 2.02. The zero-order valence-corrected chi connectivity index (χ0v) is 19.0. The molecule has 168 valence electrons. The molecule has 3 aromatic carbocycles. The fourth-order valence-electron chi connectivity index (χ4n) is 5.43. The normalized spacial score (nSPS) is 16.9. The predicted molar refractivity (Wildman–Crippen MR) is 135 cm³/mol. The maximum atomic E-state index is 10.8. The molecule has 0 unspecified atom stereocenters. The van der Waals surface area contributed by atoms with Crippen molar-refractivity contribution in [3.8, 4) is 5.75 Å². The second-order valence-corrected chi connectivity index (χ2v) is 9.29. The highest BCUT2D eigenvalue weighted by Gasteiger charge is 2.22. The SMILES string of the molecule is O=CCC1CCN(c2ccc(C3=C(c4ccccc4)CCCc4cc(O)ccc43)cc2)CC1. The third-order valence-electron chi connectivity index (χ3n) is 7.22. The largest absolute Gasteiger partial charge is 0.508 e. The number of hydrogen-bond donors (Lipinski definition) is 1. The van der Waals surface area contributed by atoms with Crippen molar-refractivity contribution in [3.05, 3.63) is 95.1 Å². The zero-order valence-electron chi connectivity index (χ0n) is 19.0. The Morgan fingerprint density at radius 3 is 2.36 bits per heavy atom. The first-order valence-electron chi connectivity index (χ1n) is 12.1. The van der Waals surface area contributed by atoms with Gasteiger partial charge in [-0.05, 0) is 95.7 Å². The smallest absolute Gasteiger partial charge is 0.120 e. The van der Waals surface area contributed by atoms with Gasteiger partial charge < -0.3 is 14.8 Å². The average molecular weight is 438 g/mol. The first-order valence-corrected chi connectivity index (χ1v) is 12.1. The molecule has 3 nitrogen and oxygen atoms in total. The molecule has 5 rings (SSSR count). The number of aromatic hydroxyl groups is 1. The summed E-state index contributed by atoms with van der Waals surface area (Å²) >= 11 is 0. The van der Waals surface area contributed by atoms with Crippen LogP contribution in [0.4, 0.5) is 5.69 Å². The van der Waals surface area contributed by atoms with Gasteiger partial charge in [0, 0.05) is 25.2 Å². The summed E-state index contributed by atoms with van der Waals surface area (Å²) in [6.07, 6.45) is 6.98. The Morgan fingerprint density at radius 2 is 1.64 bits per heavy atom. The van der Waals surface area contributed by atoms with Gasteiger partial charge in [-0.2, -0.15) is 0 Å². The van der Waals surface area contributed by atoms with Gasteiger partial charge in [-0.25, -0.2) is 0 Å². The summed E-state index contributed by atoms with van der Waals surface area (Å²) in [6, 6.07) is 25.5. The minimum atomic E-state index is 0.338. The maximum absolute atomic E-state index is 10.8. The molecule has 1 heterocycles. The lowest BCUT2D eigenvalue weighted by Gasteiger charge is -2.33. The van der Waals surface area contributed by atoms with Crippen molar-refractivity contribution in [3.63, 3.8) is 0 Å². The van der Waals surface area contributed by atoms with Crippen molar-refractivity contribution >= 4 is 23.1 Å². The minimum Gasteiger partial charge on any atom is -0.508 e. The van der Waals surface area contributed by atoms with Crippen LogP contribution in [0, 0.1) is 5.92 Å². The van der Waals surface area contributed by atoms with Gasteiger partial charge in [0.05, 0.1) is 0 Å². The van der Waals surface area contributed by atoms with Gasteiger partial charge in [-0.3, -0.25) is 0 Å². The van der Waals surface area contributed by atoms with Crippen LogP contribution in [0.3, 0.4) is 0 Å². The number of benzene rings is 3. The molecule has 0 saturated carbocycles. The summed E-state index contributed by atoms with van der Waals surface area (Å²) in [5.74, 6) is 0.875. The minimum absolute atomic E-state index is 0.338. The highest BCUT2D eigenvalue weighted by Crippen LogP contribution is 2.41. The maximum Gasteiger partial charge on any atom is 0.120 e. The Labute approximate surface area is 196 Å². The third kappa shape index (κ3) is 4.59. The number of rotatable bonds is 5. The highest BCUT2D eigenvalue weighted by atomic mass is 16.3. The van der Waals surface area contributed by atoms with Gasteiger partial charge in [-0.15, -0.1) is 0 Å². The molecule has 0 spiro atoms. The molecule has 2 aliphatic rings. The Kier molecular flexibility index (Phi) is 6.30. The van der Waals surface area contributed by atoms with E-state index < -0.39 is 0 Å². The van der Waals surface area contributed by atoms with Gasteiger partial charge in [0.1, 0.15) is 12.0 Å². The number of aryl methyl sites for hydroxylation is 1. The van der Waals surface area contributed by atoms with E-state index in [0.717, 1.165) is 51.5 Å². The molecule has 1 aliphatic heterocycles. The Balaban J connectivity index is 1.52. The lowest BCUT2D eigenvalue weighted by molar-refractivity contribution is -0.108. The number of hydrogen-bond acceptors (Lipinski definition) is 3. The molecular formula is C30H31NO2. The van der Waals surface area contributed by atoms with E-state index in [2.05, 4.69) is 65.6 Å². The first-order chi connectivity index (χ1) is 16.2. The van der Waals surface area contributed by atoms with Crippen LogP contribution in [0.2, 0.25) is 0 Å². The van der Waals surface area contributed by atoms with Crippen molar-refractivity contribution in [2.45, 2.75) is 38.5 Å². The number of carbonyl (C=O) groups excluding carboxylic acids is 1. The van der Waals surface area contributed by atoms with E-state index >= 15 is 0 Å². The van der Waals surface area contributed by atoms with Crippen LogP contribution in [0.25, 0.3) is 11.1 Å². The molecular weight excluding hydrogens is 406 g/mol. The van der Waals surface area contributed by atoms with Gasteiger partial charge in [0.25, 0.3) is 0 Å². The number of piperidine rings is 1. The molecule has 0 amide bonds. The summed E-state index contributed by atoms with van der Waals surface area (Å²) in [4.78, 5) is 13.3. The van der Waals surface area contributed by atoms with Crippen molar-refractivity contribution in [2.24, 2.45) is 5.92 Å². The molecule has 0 bridgehead atoms. The van der Waals surface area contributed by atoms with Crippen molar-refractivity contribution in [1.29, 1.82) is 0 Å². The Bertz CT molecular complexity index is 1140. The van der Waals surface area contributed by atoms with Gasteiger partial charge in [-0.1, -0.05) is 48.5 Å². The monoisotopic (exact) mass is 437 g/mol. The number of phenolic OH excluding ortho intramolecular Hbond substituents is 1. The van der Waals surface area contributed by atoms with Crippen molar-refractivity contribution in [2.75, 3.05) is 18.0 Å². The van der Waals surface area contributed by atoms with Crippen LogP contribution < -0.4 is 4.90 Å². The Morgan fingerprint density at radius 1 is 0.879 bits per heavy atom. The quantitative estimate of drug-likeness (QED) is 0.464. The second-order valence-electron chi connectivity index (χ2n) is 9.29. The summed E-state index contributed by atoms with van der Waals surface area (Å²) < 4.78 is 0. The fraction of sp³-hybridized carbons (Fsp3) is 0.300. The molecule has 3 heteroatoms. The molecule has 33 heavy (non-hydrogen) atoms. The number of phenols is 1. The van der Waals surface area contributed by atoms with Crippen LogP contribution in [0.15, 0.2) is 72.8 Å².